The number of anilines is 3. The predicted octanol–water partition coefficient (Wildman–Crippen LogP) is 3.87. The number of halogens is 2. The van der Waals surface area contributed by atoms with E-state index >= 15 is 0 Å². The van der Waals surface area contributed by atoms with Crippen molar-refractivity contribution >= 4 is 17.3 Å². The normalized spacial score (nSPS) is 21.2. The molecule has 5 rings (SSSR count). The summed E-state index contributed by atoms with van der Waals surface area (Å²) in [4.78, 5) is 6.77. The van der Waals surface area contributed by atoms with Gasteiger partial charge in [0.05, 0.1) is 18.9 Å². The zero-order valence-corrected chi connectivity index (χ0v) is 17.9. The van der Waals surface area contributed by atoms with Crippen molar-refractivity contribution in [2.24, 2.45) is 0 Å². The van der Waals surface area contributed by atoms with Crippen LogP contribution >= 0.6 is 0 Å². The van der Waals surface area contributed by atoms with Crippen molar-refractivity contribution in [1.82, 2.24) is 19.7 Å². The molecule has 0 bridgehead atoms. The zero-order valence-electron chi connectivity index (χ0n) is 17.9. The van der Waals surface area contributed by atoms with Gasteiger partial charge in [0.2, 0.25) is 5.95 Å². The molecule has 1 aromatic heterocycles. The van der Waals surface area contributed by atoms with Crippen LogP contribution in [0.3, 0.4) is 0 Å². The van der Waals surface area contributed by atoms with Gasteiger partial charge in [-0.1, -0.05) is 0 Å². The van der Waals surface area contributed by atoms with Crippen molar-refractivity contribution in [1.29, 1.82) is 0 Å². The second-order valence-electron chi connectivity index (χ2n) is 8.44. The van der Waals surface area contributed by atoms with Gasteiger partial charge in [-0.25, -0.2) is 13.5 Å². The van der Waals surface area contributed by atoms with Gasteiger partial charge in [0, 0.05) is 42.6 Å². The fourth-order valence-corrected chi connectivity index (χ4v) is 4.32. The summed E-state index contributed by atoms with van der Waals surface area (Å²) in [5.41, 5.74) is 3.43. The van der Waals surface area contributed by atoms with E-state index in [1.165, 1.54) is 17.1 Å². The van der Waals surface area contributed by atoms with E-state index in [1.54, 1.807) is 0 Å². The maximum atomic E-state index is 13.5. The maximum absolute atomic E-state index is 13.5. The molecule has 9 heteroatoms. The van der Waals surface area contributed by atoms with Crippen molar-refractivity contribution in [2.75, 3.05) is 36.9 Å². The molecule has 1 aliphatic carbocycles. The number of aryl methyl sites for hydroxylation is 1. The fourth-order valence-electron chi connectivity index (χ4n) is 4.32. The zero-order chi connectivity index (χ0) is 22.1. The summed E-state index contributed by atoms with van der Waals surface area (Å²) in [5, 5.41) is 11.2. The Morgan fingerprint density at radius 3 is 2.56 bits per heavy atom. The van der Waals surface area contributed by atoms with Crippen LogP contribution in [0.25, 0.3) is 5.69 Å². The lowest BCUT2D eigenvalue weighted by molar-refractivity contribution is -0.00436. The Morgan fingerprint density at radius 2 is 1.78 bits per heavy atom. The third kappa shape index (κ3) is 4.58. The smallest absolute Gasteiger partial charge is 0.246 e. The summed E-state index contributed by atoms with van der Waals surface area (Å²) in [5.74, 6) is -1.44. The quantitative estimate of drug-likeness (QED) is 0.607. The van der Waals surface area contributed by atoms with Crippen LogP contribution in [0.1, 0.15) is 18.4 Å². The van der Waals surface area contributed by atoms with E-state index in [9.17, 15) is 8.78 Å². The van der Waals surface area contributed by atoms with Gasteiger partial charge in [-0.05, 0) is 55.7 Å². The predicted molar refractivity (Wildman–Crippen MR) is 119 cm³/mol. The molecule has 0 unspecified atom stereocenters. The molecule has 0 amide bonds. The minimum atomic E-state index is -0.922. The molecule has 0 atom stereocenters. The molecule has 2 N–H and O–H groups in total. The summed E-state index contributed by atoms with van der Waals surface area (Å²) in [6, 6.07) is 10.9. The van der Waals surface area contributed by atoms with Crippen LogP contribution in [-0.4, -0.2) is 58.1 Å². The number of nitrogens with zero attached hydrogens (tertiary/aromatic N) is 4. The van der Waals surface area contributed by atoms with E-state index in [2.05, 4.69) is 31.7 Å². The standard InChI is InChI=1S/C23H26F2N6O/c1-15-8-16(27-18-11-20(12-18)30-4-6-32-7-5-30)10-17(9-15)28-23-26-14-31(29-23)19-2-3-21(24)22(25)13-19/h2-3,8-10,13-14,18,20,27H,4-7,11-12H2,1H3,(H,28,29)/t18-,20+. The minimum Gasteiger partial charge on any atom is -0.382 e. The maximum Gasteiger partial charge on any atom is 0.246 e. The minimum absolute atomic E-state index is 0.377. The summed E-state index contributed by atoms with van der Waals surface area (Å²) < 4.78 is 33.5. The lowest BCUT2D eigenvalue weighted by Gasteiger charge is -2.45. The van der Waals surface area contributed by atoms with Crippen LogP contribution in [0, 0.1) is 18.6 Å². The summed E-state index contributed by atoms with van der Waals surface area (Å²) >= 11 is 0. The lowest BCUT2D eigenvalue weighted by Crippen LogP contribution is -2.53. The molecule has 168 valence electrons. The molecule has 1 aliphatic heterocycles. The van der Waals surface area contributed by atoms with E-state index < -0.39 is 11.6 Å². The number of nitrogens with one attached hydrogen (secondary N) is 2. The first kappa shape index (κ1) is 20.8. The molecule has 1 saturated heterocycles. The number of ether oxygens (including phenoxy) is 1. The molecule has 0 radical (unpaired) electrons. The van der Waals surface area contributed by atoms with E-state index in [0.717, 1.165) is 68.2 Å². The van der Waals surface area contributed by atoms with Crippen molar-refractivity contribution in [3.63, 3.8) is 0 Å². The van der Waals surface area contributed by atoms with E-state index in [4.69, 9.17) is 4.74 Å². The highest BCUT2D eigenvalue weighted by Gasteiger charge is 2.34. The fraction of sp³-hybridized carbons (Fsp3) is 0.391. The van der Waals surface area contributed by atoms with Crippen LogP contribution in [-0.2, 0) is 4.74 Å². The first-order valence-electron chi connectivity index (χ1n) is 10.9. The molecule has 2 aliphatic rings. The number of rotatable bonds is 6. The SMILES string of the molecule is Cc1cc(Nc2ncn(-c3ccc(F)c(F)c3)n2)cc(N[C@H]2C[C@@H](N3CCOCC3)C2)c1. The van der Waals surface area contributed by atoms with Crippen molar-refractivity contribution in [3.8, 4) is 5.69 Å². The summed E-state index contributed by atoms with van der Waals surface area (Å²) in [6.07, 6.45) is 3.73. The third-order valence-corrected chi connectivity index (χ3v) is 6.04. The van der Waals surface area contributed by atoms with Gasteiger partial charge >= 0.3 is 0 Å². The number of aromatic nitrogens is 3. The summed E-state index contributed by atoms with van der Waals surface area (Å²) in [6.45, 7) is 5.77. The van der Waals surface area contributed by atoms with Gasteiger partial charge in [-0.3, -0.25) is 4.90 Å². The highest BCUT2D eigenvalue weighted by molar-refractivity contribution is 5.63. The average Bonchev–Trinajstić information content (AvgIpc) is 3.21. The van der Waals surface area contributed by atoms with Gasteiger partial charge in [0.15, 0.2) is 11.6 Å². The van der Waals surface area contributed by atoms with Crippen LogP contribution in [0.15, 0.2) is 42.7 Å². The number of morpholine rings is 1. The van der Waals surface area contributed by atoms with Crippen LogP contribution in [0.4, 0.5) is 26.1 Å². The molecule has 0 spiro atoms. The van der Waals surface area contributed by atoms with Gasteiger partial charge < -0.3 is 15.4 Å². The van der Waals surface area contributed by atoms with Crippen molar-refractivity contribution in [2.45, 2.75) is 31.8 Å². The molecule has 32 heavy (non-hydrogen) atoms. The van der Waals surface area contributed by atoms with Gasteiger partial charge in [-0.2, -0.15) is 4.98 Å². The van der Waals surface area contributed by atoms with E-state index in [0.29, 0.717) is 23.7 Å². The lowest BCUT2D eigenvalue weighted by atomic mass is 9.85. The Morgan fingerprint density at radius 1 is 1.00 bits per heavy atom. The second-order valence-corrected chi connectivity index (χ2v) is 8.44. The molecule has 3 aromatic rings. The number of hydrogen-bond donors (Lipinski definition) is 2. The Balaban J connectivity index is 1.22. The van der Waals surface area contributed by atoms with Crippen LogP contribution < -0.4 is 10.6 Å². The Hall–Kier alpha value is -3.04. The molecule has 2 aromatic carbocycles. The Labute approximate surface area is 185 Å². The topological polar surface area (TPSA) is 67.2 Å². The largest absolute Gasteiger partial charge is 0.382 e. The van der Waals surface area contributed by atoms with Gasteiger partial charge in [0.25, 0.3) is 0 Å². The highest BCUT2D eigenvalue weighted by atomic mass is 19.2. The van der Waals surface area contributed by atoms with Gasteiger partial charge in [-0.15, -0.1) is 5.10 Å². The van der Waals surface area contributed by atoms with Crippen molar-refractivity contribution in [3.05, 3.63) is 59.9 Å². The molecule has 2 heterocycles. The van der Waals surface area contributed by atoms with E-state index in [1.807, 2.05) is 19.1 Å². The molecule has 1 saturated carbocycles. The Kier molecular flexibility index (Phi) is 5.75. The van der Waals surface area contributed by atoms with Crippen LogP contribution in [0.5, 0.6) is 0 Å². The molecular formula is C23H26F2N6O. The average molecular weight is 440 g/mol. The van der Waals surface area contributed by atoms with Gasteiger partial charge in [0.1, 0.15) is 6.33 Å². The summed E-state index contributed by atoms with van der Waals surface area (Å²) in [7, 11) is 0. The van der Waals surface area contributed by atoms with E-state index in [-0.39, 0.29) is 0 Å². The monoisotopic (exact) mass is 440 g/mol. The second kappa shape index (κ2) is 8.84. The third-order valence-electron chi connectivity index (χ3n) is 6.04. The van der Waals surface area contributed by atoms with Crippen molar-refractivity contribution < 1.29 is 13.5 Å². The van der Waals surface area contributed by atoms with Crippen LogP contribution in [0.2, 0.25) is 0 Å². The first-order valence-corrected chi connectivity index (χ1v) is 10.9. The number of hydrogen-bond acceptors (Lipinski definition) is 6. The molecule has 2 fully saturated rings. The Bertz CT molecular complexity index is 1090. The first-order chi connectivity index (χ1) is 15.5. The molecule has 7 nitrogen and oxygen atoms in total. The highest BCUT2D eigenvalue weighted by Crippen LogP contribution is 2.30. The number of benzene rings is 2. The molecular weight excluding hydrogens is 414 g/mol.